The van der Waals surface area contributed by atoms with Crippen LogP contribution in [0, 0.1) is 5.92 Å². The molecule has 1 saturated heterocycles. The minimum absolute atomic E-state index is 0.802. The monoisotopic (exact) mass is 405 g/mol. The van der Waals surface area contributed by atoms with Gasteiger partial charge in [0.15, 0.2) is 0 Å². The Bertz CT molecular complexity index is 1210. The van der Waals surface area contributed by atoms with Crippen LogP contribution in [0.1, 0.15) is 25.3 Å². The molecule has 4 aromatic rings. The van der Waals surface area contributed by atoms with Gasteiger partial charge in [-0.25, -0.2) is 9.97 Å². The Morgan fingerprint density at radius 2 is 1.32 bits per heavy atom. The first-order valence-electron chi connectivity index (χ1n) is 11.1. The summed E-state index contributed by atoms with van der Waals surface area (Å²) in [7, 11) is 0. The lowest BCUT2D eigenvalue weighted by atomic mass is 9.98. The van der Waals surface area contributed by atoms with Crippen molar-refractivity contribution in [2.75, 3.05) is 13.1 Å². The molecule has 0 saturated carbocycles. The first kappa shape index (κ1) is 19.5. The molecule has 0 bridgehead atoms. The summed E-state index contributed by atoms with van der Waals surface area (Å²) in [5.41, 5.74) is 8.00. The van der Waals surface area contributed by atoms with Gasteiger partial charge < -0.3 is 4.90 Å². The van der Waals surface area contributed by atoms with Gasteiger partial charge in [-0.1, -0.05) is 80.2 Å². The Labute approximate surface area is 184 Å². The standard InChI is InChI=1S/C28H27N3/c1-20-15-17-31(18-16-20)21(2)24-13-14-25-26(19-24)30-28(23-11-7-4-8-12-23)27(29-25)22-9-5-3-6-10-22/h3-14,19-20H,2,15-18H2,1H3. The molecule has 0 atom stereocenters. The molecule has 0 aliphatic carbocycles. The summed E-state index contributed by atoms with van der Waals surface area (Å²) in [4.78, 5) is 12.5. The van der Waals surface area contributed by atoms with Gasteiger partial charge in [-0.3, -0.25) is 0 Å². The summed E-state index contributed by atoms with van der Waals surface area (Å²) < 4.78 is 0. The van der Waals surface area contributed by atoms with Crippen LogP contribution in [0.2, 0.25) is 0 Å². The van der Waals surface area contributed by atoms with E-state index in [0.29, 0.717) is 0 Å². The number of rotatable bonds is 4. The minimum atomic E-state index is 0.802. The van der Waals surface area contributed by atoms with E-state index in [1.54, 1.807) is 0 Å². The van der Waals surface area contributed by atoms with E-state index >= 15 is 0 Å². The smallest absolute Gasteiger partial charge is 0.0973 e. The largest absolute Gasteiger partial charge is 0.372 e. The third-order valence-electron chi connectivity index (χ3n) is 6.26. The van der Waals surface area contributed by atoms with Crippen LogP contribution in [-0.2, 0) is 0 Å². The second-order valence-electron chi connectivity index (χ2n) is 8.47. The van der Waals surface area contributed by atoms with Crippen LogP contribution < -0.4 is 0 Å². The van der Waals surface area contributed by atoms with Gasteiger partial charge in [0.1, 0.15) is 0 Å². The van der Waals surface area contributed by atoms with E-state index in [1.807, 2.05) is 36.4 Å². The molecule has 31 heavy (non-hydrogen) atoms. The Morgan fingerprint density at radius 3 is 1.90 bits per heavy atom. The lowest BCUT2D eigenvalue weighted by Gasteiger charge is -2.33. The fourth-order valence-corrected chi connectivity index (χ4v) is 4.29. The molecule has 1 aromatic heterocycles. The van der Waals surface area contributed by atoms with Crippen LogP contribution in [0.4, 0.5) is 0 Å². The molecule has 3 aromatic carbocycles. The highest BCUT2D eigenvalue weighted by Gasteiger charge is 2.19. The fourth-order valence-electron chi connectivity index (χ4n) is 4.29. The molecular weight excluding hydrogens is 378 g/mol. The number of hydrogen-bond donors (Lipinski definition) is 0. The third-order valence-corrected chi connectivity index (χ3v) is 6.26. The Hall–Kier alpha value is -3.46. The number of hydrogen-bond acceptors (Lipinski definition) is 3. The van der Waals surface area contributed by atoms with E-state index in [1.165, 1.54) is 12.8 Å². The molecule has 0 spiro atoms. The first-order chi connectivity index (χ1) is 15.2. The third kappa shape index (κ3) is 3.96. The van der Waals surface area contributed by atoms with Crippen LogP contribution >= 0.6 is 0 Å². The summed E-state index contributed by atoms with van der Waals surface area (Å²) in [5.74, 6) is 0.802. The molecule has 1 aliphatic rings. The Morgan fingerprint density at radius 1 is 0.774 bits per heavy atom. The van der Waals surface area contributed by atoms with Gasteiger partial charge >= 0.3 is 0 Å². The number of fused-ring (bicyclic) bond motifs is 1. The van der Waals surface area contributed by atoms with Gasteiger partial charge in [0.05, 0.1) is 22.4 Å². The molecule has 0 unspecified atom stereocenters. The summed E-state index contributed by atoms with van der Waals surface area (Å²) >= 11 is 0. The quantitative estimate of drug-likeness (QED) is 0.380. The van der Waals surface area contributed by atoms with Crippen LogP contribution in [-0.4, -0.2) is 28.0 Å². The van der Waals surface area contributed by atoms with Crippen molar-refractivity contribution in [2.24, 2.45) is 5.92 Å². The Kier molecular flexibility index (Phi) is 5.25. The topological polar surface area (TPSA) is 29.0 Å². The van der Waals surface area contributed by atoms with E-state index in [-0.39, 0.29) is 0 Å². The summed E-state index contributed by atoms with van der Waals surface area (Å²) in [6.45, 7) is 8.89. The maximum atomic E-state index is 5.10. The van der Waals surface area contributed by atoms with E-state index in [2.05, 4.69) is 60.9 Å². The lowest BCUT2D eigenvalue weighted by Crippen LogP contribution is -2.31. The van der Waals surface area contributed by atoms with Gasteiger partial charge in [-0.15, -0.1) is 0 Å². The fraction of sp³-hybridized carbons (Fsp3) is 0.214. The highest BCUT2D eigenvalue weighted by atomic mass is 15.1. The molecule has 154 valence electrons. The van der Waals surface area contributed by atoms with Crippen molar-refractivity contribution in [3.05, 3.63) is 91.0 Å². The molecule has 3 nitrogen and oxygen atoms in total. The van der Waals surface area contributed by atoms with Crippen molar-refractivity contribution in [2.45, 2.75) is 19.8 Å². The van der Waals surface area contributed by atoms with Crippen molar-refractivity contribution in [3.8, 4) is 22.5 Å². The normalized spacial score (nSPS) is 14.7. The highest BCUT2D eigenvalue weighted by molar-refractivity contribution is 5.87. The molecule has 3 heteroatoms. The second-order valence-corrected chi connectivity index (χ2v) is 8.47. The van der Waals surface area contributed by atoms with Crippen LogP contribution in [0.5, 0.6) is 0 Å². The van der Waals surface area contributed by atoms with E-state index in [0.717, 1.165) is 63.8 Å². The maximum absolute atomic E-state index is 5.10. The van der Waals surface area contributed by atoms with Gasteiger partial charge in [0, 0.05) is 29.9 Å². The van der Waals surface area contributed by atoms with E-state index in [9.17, 15) is 0 Å². The predicted octanol–water partition coefficient (Wildman–Crippen LogP) is 6.67. The molecule has 1 fully saturated rings. The number of likely N-dealkylation sites (tertiary alicyclic amines) is 1. The second kappa shape index (κ2) is 8.35. The van der Waals surface area contributed by atoms with Crippen LogP contribution in [0.15, 0.2) is 85.4 Å². The van der Waals surface area contributed by atoms with Gasteiger partial charge in [-0.2, -0.15) is 0 Å². The van der Waals surface area contributed by atoms with Crippen LogP contribution in [0.3, 0.4) is 0 Å². The zero-order chi connectivity index (χ0) is 21.2. The summed E-state index contributed by atoms with van der Waals surface area (Å²) in [6, 6.07) is 27.0. The first-order valence-corrected chi connectivity index (χ1v) is 11.1. The van der Waals surface area contributed by atoms with Gasteiger partial charge in [0.2, 0.25) is 0 Å². The summed E-state index contributed by atoms with van der Waals surface area (Å²) in [6.07, 6.45) is 2.45. The van der Waals surface area contributed by atoms with Crippen molar-refractivity contribution in [3.63, 3.8) is 0 Å². The molecular formula is C28H27N3. The number of nitrogens with zero attached hydrogens (tertiary/aromatic N) is 3. The van der Waals surface area contributed by atoms with Crippen molar-refractivity contribution < 1.29 is 0 Å². The molecule has 5 rings (SSSR count). The number of aromatic nitrogens is 2. The summed E-state index contributed by atoms with van der Waals surface area (Å²) in [5, 5.41) is 0. The SMILES string of the molecule is C=C(c1ccc2nc(-c3ccccc3)c(-c3ccccc3)nc2c1)N1CCC(C)CC1. The molecule has 0 amide bonds. The van der Waals surface area contributed by atoms with Gasteiger partial charge in [-0.05, 0) is 36.5 Å². The predicted molar refractivity (Wildman–Crippen MR) is 129 cm³/mol. The highest BCUT2D eigenvalue weighted by Crippen LogP contribution is 2.32. The minimum Gasteiger partial charge on any atom is -0.372 e. The average molecular weight is 406 g/mol. The number of piperidine rings is 1. The van der Waals surface area contributed by atoms with E-state index in [4.69, 9.17) is 9.97 Å². The average Bonchev–Trinajstić information content (AvgIpc) is 2.84. The maximum Gasteiger partial charge on any atom is 0.0973 e. The lowest BCUT2D eigenvalue weighted by molar-refractivity contribution is 0.268. The van der Waals surface area contributed by atoms with Crippen molar-refractivity contribution in [1.82, 2.24) is 14.9 Å². The van der Waals surface area contributed by atoms with E-state index < -0.39 is 0 Å². The van der Waals surface area contributed by atoms with Crippen molar-refractivity contribution in [1.29, 1.82) is 0 Å². The van der Waals surface area contributed by atoms with Gasteiger partial charge in [0.25, 0.3) is 0 Å². The zero-order valence-corrected chi connectivity index (χ0v) is 18.0. The molecule has 0 N–H and O–H groups in total. The van der Waals surface area contributed by atoms with Crippen LogP contribution in [0.25, 0.3) is 39.2 Å². The number of benzene rings is 3. The molecule has 0 radical (unpaired) electrons. The molecule has 1 aliphatic heterocycles. The zero-order valence-electron chi connectivity index (χ0n) is 18.0. The van der Waals surface area contributed by atoms with Crippen molar-refractivity contribution >= 4 is 16.7 Å². The Balaban J connectivity index is 1.60. The molecule has 2 heterocycles.